The first-order chi connectivity index (χ1) is 9.65. The fraction of sp³-hybridized carbons (Fsp3) is 0.429. The number of nitrogens with one attached hydrogen (secondary N) is 1. The van der Waals surface area contributed by atoms with Crippen LogP contribution < -0.4 is 5.32 Å². The summed E-state index contributed by atoms with van der Waals surface area (Å²) in [5, 5.41) is 11.8. The van der Waals surface area contributed by atoms with E-state index in [1.165, 1.54) is 0 Å². The van der Waals surface area contributed by atoms with E-state index in [4.69, 9.17) is 9.84 Å². The molecule has 0 bridgehead atoms. The molecule has 2 atom stereocenters. The molecule has 1 aromatic rings. The van der Waals surface area contributed by atoms with E-state index in [0.29, 0.717) is 13.1 Å². The van der Waals surface area contributed by atoms with E-state index in [1.807, 2.05) is 24.3 Å². The maximum Gasteiger partial charge on any atom is 0.318 e. The summed E-state index contributed by atoms with van der Waals surface area (Å²) >= 11 is 0. The summed E-state index contributed by atoms with van der Waals surface area (Å²) < 4.78 is 5.14. The first-order valence-electron chi connectivity index (χ1n) is 6.58. The van der Waals surface area contributed by atoms with Crippen LogP contribution in [-0.2, 0) is 22.6 Å². The zero-order valence-corrected chi connectivity index (χ0v) is 10.9. The van der Waals surface area contributed by atoms with Gasteiger partial charge in [-0.25, -0.2) is 4.79 Å². The lowest BCUT2D eigenvalue weighted by Gasteiger charge is -2.21. The molecule has 0 saturated carbocycles. The highest BCUT2D eigenvalue weighted by molar-refractivity contribution is 5.77. The molecule has 6 nitrogen and oxygen atoms in total. The summed E-state index contributed by atoms with van der Waals surface area (Å²) in [6, 6.07) is 7.21. The smallest absolute Gasteiger partial charge is 0.318 e. The molecule has 1 saturated heterocycles. The van der Waals surface area contributed by atoms with Gasteiger partial charge in [0.15, 0.2) is 0 Å². The fourth-order valence-electron chi connectivity index (χ4n) is 2.67. The minimum absolute atomic E-state index is 0.153. The minimum Gasteiger partial charge on any atom is -0.481 e. The van der Waals surface area contributed by atoms with E-state index in [0.717, 1.165) is 11.1 Å². The summed E-state index contributed by atoms with van der Waals surface area (Å²) in [4.78, 5) is 24.9. The maximum atomic E-state index is 12.2. The quantitative estimate of drug-likeness (QED) is 0.838. The van der Waals surface area contributed by atoms with Crippen molar-refractivity contribution in [2.75, 3.05) is 13.2 Å². The average molecular weight is 276 g/mol. The largest absolute Gasteiger partial charge is 0.481 e. The first-order valence-corrected chi connectivity index (χ1v) is 6.58. The number of carboxylic acid groups (broad SMARTS) is 1. The highest BCUT2D eigenvalue weighted by Crippen LogP contribution is 2.22. The van der Waals surface area contributed by atoms with Crippen LogP contribution in [0.4, 0.5) is 4.79 Å². The number of urea groups is 1. The molecule has 106 valence electrons. The van der Waals surface area contributed by atoms with Gasteiger partial charge in [-0.05, 0) is 11.1 Å². The number of hydrogen-bond acceptors (Lipinski definition) is 3. The van der Waals surface area contributed by atoms with Gasteiger partial charge in [0.1, 0.15) is 5.92 Å². The first kappa shape index (κ1) is 12.9. The summed E-state index contributed by atoms with van der Waals surface area (Å²) in [6.45, 7) is 1.53. The van der Waals surface area contributed by atoms with Crippen molar-refractivity contribution in [1.29, 1.82) is 0 Å². The summed E-state index contributed by atoms with van der Waals surface area (Å²) in [5.74, 6) is -1.60. The van der Waals surface area contributed by atoms with E-state index < -0.39 is 17.9 Å². The van der Waals surface area contributed by atoms with Crippen LogP contribution in [0.2, 0.25) is 0 Å². The number of nitrogens with zero attached hydrogens (tertiary/aromatic N) is 1. The van der Waals surface area contributed by atoms with Gasteiger partial charge in [0.25, 0.3) is 0 Å². The van der Waals surface area contributed by atoms with Gasteiger partial charge < -0.3 is 20.1 Å². The zero-order chi connectivity index (χ0) is 14.1. The standard InChI is InChI=1S/C14H16N2O4/c17-13(18)11-7-20-8-12(11)15-14(19)16-5-9-3-1-2-4-10(9)6-16/h1-4,11-12H,5-8H2,(H,15,19)(H,17,18). The molecule has 0 aromatic heterocycles. The Balaban J connectivity index is 1.63. The topological polar surface area (TPSA) is 78.9 Å². The second-order valence-electron chi connectivity index (χ2n) is 5.16. The number of carboxylic acids is 1. The van der Waals surface area contributed by atoms with E-state index in [2.05, 4.69) is 5.32 Å². The van der Waals surface area contributed by atoms with Crippen molar-refractivity contribution in [3.63, 3.8) is 0 Å². The number of benzene rings is 1. The van der Waals surface area contributed by atoms with Crippen LogP contribution in [0, 0.1) is 5.92 Å². The Bertz CT molecular complexity index is 521. The predicted octanol–water partition coefficient (Wildman–Crippen LogP) is 0.811. The van der Waals surface area contributed by atoms with Crippen LogP contribution in [-0.4, -0.2) is 41.3 Å². The average Bonchev–Trinajstić information content (AvgIpc) is 3.03. The highest BCUT2D eigenvalue weighted by atomic mass is 16.5. The summed E-state index contributed by atoms with van der Waals surface area (Å²) in [7, 11) is 0. The minimum atomic E-state index is -0.933. The molecule has 3 rings (SSSR count). The third-order valence-electron chi connectivity index (χ3n) is 3.83. The fourth-order valence-corrected chi connectivity index (χ4v) is 2.67. The summed E-state index contributed by atoms with van der Waals surface area (Å²) in [6.07, 6.45) is 0. The third kappa shape index (κ3) is 2.34. The van der Waals surface area contributed by atoms with Crippen molar-refractivity contribution in [3.05, 3.63) is 35.4 Å². The lowest BCUT2D eigenvalue weighted by molar-refractivity contribution is -0.142. The van der Waals surface area contributed by atoms with Crippen molar-refractivity contribution >= 4 is 12.0 Å². The van der Waals surface area contributed by atoms with Gasteiger partial charge in [0.05, 0.1) is 19.3 Å². The van der Waals surface area contributed by atoms with Crippen molar-refractivity contribution < 1.29 is 19.4 Å². The van der Waals surface area contributed by atoms with Gasteiger partial charge in [-0.2, -0.15) is 0 Å². The van der Waals surface area contributed by atoms with Crippen LogP contribution in [0.25, 0.3) is 0 Å². The summed E-state index contributed by atoms with van der Waals surface area (Å²) in [5.41, 5.74) is 2.28. The molecule has 2 aliphatic heterocycles. The number of ether oxygens (including phenoxy) is 1. The van der Waals surface area contributed by atoms with Crippen molar-refractivity contribution in [3.8, 4) is 0 Å². The number of amides is 2. The predicted molar refractivity (Wildman–Crippen MR) is 70.0 cm³/mol. The van der Waals surface area contributed by atoms with Crippen LogP contribution >= 0.6 is 0 Å². The molecular formula is C14H16N2O4. The lowest BCUT2D eigenvalue weighted by atomic mass is 10.0. The molecule has 2 N–H and O–H groups in total. The monoisotopic (exact) mass is 276 g/mol. The van der Waals surface area contributed by atoms with E-state index in [-0.39, 0.29) is 19.2 Å². The van der Waals surface area contributed by atoms with Crippen LogP contribution in [0.15, 0.2) is 24.3 Å². The Kier molecular flexibility index (Phi) is 3.31. The molecule has 2 heterocycles. The molecular weight excluding hydrogens is 260 g/mol. The zero-order valence-electron chi connectivity index (χ0n) is 10.9. The van der Waals surface area contributed by atoms with E-state index in [9.17, 15) is 9.59 Å². The van der Waals surface area contributed by atoms with E-state index in [1.54, 1.807) is 4.90 Å². The molecule has 2 unspecified atom stereocenters. The Morgan fingerprint density at radius 3 is 2.45 bits per heavy atom. The molecule has 6 heteroatoms. The molecule has 0 spiro atoms. The molecule has 2 aliphatic rings. The highest BCUT2D eigenvalue weighted by Gasteiger charge is 2.36. The number of carbonyl (C=O) groups is 2. The van der Waals surface area contributed by atoms with Gasteiger partial charge in [0, 0.05) is 13.1 Å². The number of aliphatic carboxylic acids is 1. The number of hydrogen-bond donors (Lipinski definition) is 2. The molecule has 2 amide bonds. The second kappa shape index (κ2) is 5.13. The molecule has 0 radical (unpaired) electrons. The second-order valence-corrected chi connectivity index (χ2v) is 5.16. The maximum absolute atomic E-state index is 12.2. The van der Waals surface area contributed by atoms with Crippen molar-refractivity contribution in [2.45, 2.75) is 19.1 Å². The number of fused-ring (bicyclic) bond motifs is 1. The number of carbonyl (C=O) groups excluding carboxylic acids is 1. The van der Waals surface area contributed by atoms with Gasteiger partial charge in [-0.3, -0.25) is 4.79 Å². The molecule has 20 heavy (non-hydrogen) atoms. The molecule has 1 aromatic carbocycles. The molecule has 0 aliphatic carbocycles. The Morgan fingerprint density at radius 1 is 1.20 bits per heavy atom. The van der Waals surface area contributed by atoms with E-state index >= 15 is 0 Å². The lowest BCUT2D eigenvalue weighted by Crippen LogP contribution is -2.47. The number of rotatable bonds is 2. The molecule has 1 fully saturated rings. The Hall–Kier alpha value is -2.08. The van der Waals surface area contributed by atoms with Gasteiger partial charge in [-0.1, -0.05) is 24.3 Å². The van der Waals surface area contributed by atoms with Gasteiger partial charge in [-0.15, -0.1) is 0 Å². The SMILES string of the molecule is O=C(O)C1COCC1NC(=O)N1Cc2ccccc2C1. The third-order valence-corrected chi connectivity index (χ3v) is 3.83. The van der Waals surface area contributed by atoms with Crippen molar-refractivity contribution in [1.82, 2.24) is 10.2 Å². The Morgan fingerprint density at radius 2 is 1.85 bits per heavy atom. The van der Waals surface area contributed by atoms with Gasteiger partial charge in [0.2, 0.25) is 0 Å². The van der Waals surface area contributed by atoms with Crippen LogP contribution in [0.1, 0.15) is 11.1 Å². The van der Waals surface area contributed by atoms with Crippen molar-refractivity contribution in [2.24, 2.45) is 5.92 Å². The normalized spacial score (nSPS) is 24.5. The van der Waals surface area contributed by atoms with Gasteiger partial charge >= 0.3 is 12.0 Å². The Labute approximate surface area is 116 Å². The van der Waals surface area contributed by atoms with Crippen LogP contribution in [0.5, 0.6) is 0 Å². The van der Waals surface area contributed by atoms with Crippen LogP contribution in [0.3, 0.4) is 0 Å².